The number of hydrogen-bond acceptors (Lipinski definition) is 1. The topological polar surface area (TPSA) is 26.0 Å². The van der Waals surface area contributed by atoms with Gasteiger partial charge in [0.1, 0.15) is 0 Å². The fourth-order valence-electron chi connectivity index (χ4n) is 12.6. The maximum absolute atomic E-state index is 8.00. The van der Waals surface area contributed by atoms with Crippen LogP contribution in [-0.4, -0.2) is 5.54 Å². The van der Waals surface area contributed by atoms with Crippen molar-refractivity contribution in [3.05, 3.63) is 0 Å². The second-order valence-electron chi connectivity index (χ2n) is 16.0. The second-order valence-corrected chi connectivity index (χ2v) is 16.0. The van der Waals surface area contributed by atoms with Crippen LogP contribution in [-0.2, 0) is 0 Å². The molecule has 184 valence electrons. The van der Waals surface area contributed by atoms with Crippen LogP contribution in [0.5, 0.6) is 0 Å². The number of rotatable bonds is 0. The number of fused-ring (bicyclic) bond motifs is 7. The third-order valence-electron chi connectivity index (χ3n) is 15.9. The summed E-state index contributed by atoms with van der Waals surface area (Å²) in [6, 6.07) is 0. The summed E-state index contributed by atoms with van der Waals surface area (Å²) >= 11 is 0. The molecule has 0 amide bonds. The highest BCUT2D eigenvalue weighted by Gasteiger charge is 2.79. The van der Waals surface area contributed by atoms with E-state index in [2.05, 4.69) is 69.2 Å². The highest BCUT2D eigenvalue weighted by molar-refractivity contribution is 5.31. The molecule has 5 rings (SSSR count). The molecule has 5 aliphatic carbocycles. The molecule has 5 fully saturated rings. The molecule has 0 aliphatic heterocycles. The Balaban J connectivity index is 1.66. The van der Waals surface area contributed by atoms with E-state index in [1.807, 2.05) is 0 Å². The summed E-state index contributed by atoms with van der Waals surface area (Å²) in [5.74, 6) is 2.53. The molecule has 0 bridgehead atoms. The van der Waals surface area contributed by atoms with Crippen molar-refractivity contribution in [1.29, 1.82) is 0 Å². The van der Waals surface area contributed by atoms with E-state index in [9.17, 15) is 0 Å². The zero-order chi connectivity index (χ0) is 23.8. The van der Waals surface area contributed by atoms with Gasteiger partial charge < -0.3 is 5.73 Å². The number of nitrogens with two attached hydrogens (primary N) is 1. The Morgan fingerprint density at radius 3 is 1.78 bits per heavy atom. The fraction of sp³-hybridized carbons (Fsp3) is 1.00. The molecule has 5 saturated carbocycles. The second kappa shape index (κ2) is 6.20. The Hall–Kier alpha value is -0.0400. The van der Waals surface area contributed by atoms with E-state index in [1.54, 1.807) is 0 Å². The van der Waals surface area contributed by atoms with Gasteiger partial charge in [-0.05, 0) is 120 Å². The van der Waals surface area contributed by atoms with Crippen molar-refractivity contribution in [2.75, 3.05) is 0 Å². The summed E-state index contributed by atoms with van der Waals surface area (Å²) in [4.78, 5) is 0. The maximum Gasteiger partial charge on any atom is 0.0274 e. The molecular formula is C31H55N. The van der Waals surface area contributed by atoms with Crippen molar-refractivity contribution in [2.45, 2.75) is 139 Å². The van der Waals surface area contributed by atoms with E-state index in [4.69, 9.17) is 5.73 Å². The van der Waals surface area contributed by atoms with Crippen LogP contribution in [0.4, 0.5) is 0 Å². The standard InChI is InChI=1S/C31H55N/c1-21-11-13-25(5)15-17-28(8)26(6,23(21)25)16-20-31(32)29(9)14-12-22(2)24(3,4)27(29,7)18-19-30(28,31)10/h21-23H,11-20,32H2,1-10H3. The fourth-order valence-corrected chi connectivity index (χ4v) is 12.6. The van der Waals surface area contributed by atoms with E-state index < -0.39 is 0 Å². The molecule has 5 aliphatic rings. The first kappa shape index (κ1) is 23.7. The maximum atomic E-state index is 8.00. The molecule has 32 heavy (non-hydrogen) atoms. The smallest absolute Gasteiger partial charge is 0.0274 e. The largest absolute Gasteiger partial charge is 0.324 e. The third-order valence-corrected chi connectivity index (χ3v) is 15.9. The van der Waals surface area contributed by atoms with E-state index >= 15 is 0 Å². The van der Waals surface area contributed by atoms with Gasteiger partial charge in [0.15, 0.2) is 0 Å². The highest BCUT2D eigenvalue weighted by Crippen LogP contribution is 2.83. The lowest BCUT2D eigenvalue weighted by atomic mass is 9.24. The predicted molar refractivity (Wildman–Crippen MR) is 137 cm³/mol. The van der Waals surface area contributed by atoms with Crippen LogP contribution in [0.1, 0.15) is 133 Å². The minimum Gasteiger partial charge on any atom is -0.324 e. The van der Waals surface area contributed by atoms with Crippen LogP contribution in [0.3, 0.4) is 0 Å². The van der Waals surface area contributed by atoms with E-state index in [0.29, 0.717) is 27.1 Å². The summed E-state index contributed by atoms with van der Waals surface area (Å²) in [5, 5.41) is 0. The van der Waals surface area contributed by atoms with Gasteiger partial charge in [0, 0.05) is 5.54 Å². The predicted octanol–water partition coefficient (Wildman–Crippen LogP) is 8.61. The van der Waals surface area contributed by atoms with Gasteiger partial charge in [-0.3, -0.25) is 0 Å². The molecule has 2 N–H and O–H groups in total. The van der Waals surface area contributed by atoms with Crippen LogP contribution in [0.25, 0.3) is 0 Å². The molecule has 0 aromatic heterocycles. The molecule has 0 aromatic carbocycles. The van der Waals surface area contributed by atoms with Gasteiger partial charge in [0.25, 0.3) is 0 Å². The van der Waals surface area contributed by atoms with Gasteiger partial charge in [-0.2, -0.15) is 0 Å². The lowest BCUT2D eigenvalue weighted by molar-refractivity contribution is -0.304. The van der Waals surface area contributed by atoms with Crippen LogP contribution >= 0.6 is 0 Å². The zero-order valence-electron chi connectivity index (χ0n) is 23.4. The minimum atomic E-state index is -0.0613. The minimum absolute atomic E-state index is 0.0613. The monoisotopic (exact) mass is 441 g/mol. The van der Waals surface area contributed by atoms with E-state index in [1.165, 1.54) is 64.2 Å². The Kier molecular flexibility index (Phi) is 4.59. The molecule has 0 aromatic rings. The van der Waals surface area contributed by atoms with Gasteiger partial charge in [0.05, 0.1) is 0 Å². The highest BCUT2D eigenvalue weighted by atomic mass is 15.0. The van der Waals surface area contributed by atoms with Crippen molar-refractivity contribution >= 4 is 0 Å². The Labute approximate surface area is 200 Å². The summed E-state index contributed by atoms with van der Waals surface area (Å²) in [7, 11) is 0. The molecule has 1 nitrogen and oxygen atoms in total. The van der Waals surface area contributed by atoms with Crippen molar-refractivity contribution in [1.82, 2.24) is 0 Å². The van der Waals surface area contributed by atoms with Gasteiger partial charge in [-0.1, -0.05) is 69.2 Å². The average molecular weight is 442 g/mol. The molecule has 1 heteroatoms. The molecule has 0 saturated heterocycles. The van der Waals surface area contributed by atoms with E-state index in [-0.39, 0.29) is 16.4 Å². The quantitative estimate of drug-likeness (QED) is 0.400. The number of hydrogen-bond donors (Lipinski definition) is 1. The molecular weight excluding hydrogens is 386 g/mol. The summed E-state index contributed by atoms with van der Waals surface area (Å²) in [5.41, 5.74) is 10.4. The van der Waals surface area contributed by atoms with Crippen molar-refractivity contribution < 1.29 is 0 Å². The first-order chi connectivity index (χ1) is 14.5. The summed E-state index contributed by atoms with van der Waals surface area (Å²) in [6.45, 7) is 26.4. The molecule has 0 spiro atoms. The SMILES string of the molecule is CC1CCC2(C)CCC3(C)C(C)(CCC4(N)C5(C)CCC(C)C(C)(C)C5(C)CCC34C)C12. The zero-order valence-corrected chi connectivity index (χ0v) is 23.4. The Morgan fingerprint density at radius 2 is 1.12 bits per heavy atom. The van der Waals surface area contributed by atoms with Crippen molar-refractivity contribution in [3.8, 4) is 0 Å². The molecule has 10 unspecified atom stereocenters. The van der Waals surface area contributed by atoms with Crippen LogP contribution in [0.15, 0.2) is 0 Å². The first-order valence-corrected chi connectivity index (χ1v) is 14.3. The normalized spacial score (nSPS) is 63.7. The van der Waals surface area contributed by atoms with Crippen LogP contribution in [0.2, 0.25) is 0 Å². The molecule has 0 radical (unpaired) electrons. The van der Waals surface area contributed by atoms with Gasteiger partial charge in [0.2, 0.25) is 0 Å². The Morgan fingerprint density at radius 1 is 0.562 bits per heavy atom. The first-order valence-electron chi connectivity index (χ1n) is 14.3. The van der Waals surface area contributed by atoms with Gasteiger partial charge in [-0.15, -0.1) is 0 Å². The summed E-state index contributed by atoms with van der Waals surface area (Å²) in [6.07, 6.45) is 13.7. The van der Waals surface area contributed by atoms with Gasteiger partial charge in [-0.25, -0.2) is 0 Å². The third kappa shape index (κ3) is 2.12. The van der Waals surface area contributed by atoms with Gasteiger partial charge >= 0.3 is 0 Å². The van der Waals surface area contributed by atoms with E-state index in [0.717, 1.165) is 17.8 Å². The summed E-state index contributed by atoms with van der Waals surface area (Å²) < 4.78 is 0. The lowest BCUT2D eigenvalue weighted by Gasteiger charge is -2.81. The van der Waals surface area contributed by atoms with Crippen molar-refractivity contribution in [2.24, 2.45) is 61.4 Å². The van der Waals surface area contributed by atoms with Crippen LogP contribution < -0.4 is 5.73 Å². The molecule has 0 heterocycles. The lowest BCUT2D eigenvalue weighted by Crippen LogP contribution is -2.82. The molecule has 10 atom stereocenters. The van der Waals surface area contributed by atoms with Crippen molar-refractivity contribution in [3.63, 3.8) is 0 Å². The van der Waals surface area contributed by atoms with Crippen LogP contribution in [0, 0.1) is 55.7 Å². The Bertz CT molecular complexity index is 815. The average Bonchev–Trinajstić information content (AvgIpc) is 3.03.